The van der Waals surface area contributed by atoms with Gasteiger partial charge in [-0.3, -0.25) is 4.90 Å². The van der Waals surface area contributed by atoms with Crippen molar-refractivity contribution in [2.45, 2.75) is 19.4 Å². The lowest BCUT2D eigenvalue weighted by Gasteiger charge is -2.32. The third kappa shape index (κ3) is 4.20. The molecular weight excluding hydrogens is 306 g/mol. The Kier molecular flexibility index (Phi) is 5.67. The van der Waals surface area contributed by atoms with Crippen molar-refractivity contribution in [2.24, 2.45) is 5.92 Å². The molecule has 1 fully saturated rings. The first-order valence-electron chi connectivity index (χ1n) is 6.76. The molecule has 4 heteroatoms. The molecule has 1 atom stereocenters. The summed E-state index contributed by atoms with van der Waals surface area (Å²) in [6, 6.07) is 6.16. The molecule has 0 amide bonds. The first-order chi connectivity index (χ1) is 9.22. The third-order valence-electron chi connectivity index (χ3n) is 3.65. The molecular formula is C15H22BrNO2. The highest BCUT2D eigenvalue weighted by Gasteiger charge is 2.20. The van der Waals surface area contributed by atoms with Crippen LogP contribution in [0.25, 0.3) is 0 Å². The first-order valence-corrected chi connectivity index (χ1v) is 7.56. The van der Waals surface area contributed by atoms with Crippen LogP contribution < -0.4 is 4.74 Å². The maximum absolute atomic E-state index is 5.30. The lowest BCUT2D eigenvalue weighted by Crippen LogP contribution is -2.36. The van der Waals surface area contributed by atoms with Crippen molar-refractivity contribution in [1.82, 2.24) is 4.90 Å². The highest BCUT2D eigenvalue weighted by molar-refractivity contribution is 9.10. The van der Waals surface area contributed by atoms with Crippen LogP contribution in [-0.4, -0.2) is 38.8 Å². The number of ether oxygens (including phenoxy) is 2. The van der Waals surface area contributed by atoms with E-state index in [9.17, 15) is 0 Å². The van der Waals surface area contributed by atoms with Crippen LogP contribution in [0.2, 0.25) is 0 Å². The minimum atomic E-state index is 0.670. The Hall–Kier alpha value is -0.580. The van der Waals surface area contributed by atoms with E-state index in [0.717, 1.165) is 29.9 Å². The zero-order valence-electron chi connectivity index (χ0n) is 11.7. The van der Waals surface area contributed by atoms with Crippen LogP contribution in [0.3, 0.4) is 0 Å². The fourth-order valence-corrected chi connectivity index (χ4v) is 3.08. The number of halogens is 1. The molecule has 0 aliphatic carbocycles. The van der Waals surface area contributed by atoms with Crippen molar-refractivity contribution in [3.8, 4) is 5.75 Å². The largest absolute Gasteiger partial charge is 0.497 e. The SMILES string of the molecule is COCC1CCCN(Cc2cc(OC)ccc2Br)C1. The standard InChI is InChI=1S/C15H22BrNO2/c1-18-11-12-4-3-7-17(9-12)10-13-8-14(19-2)5-6-15(13)16/h5-6,8,12H,3-4,7,9-11H2,1-2H3. The molecule has 0 bridgehead atoms. The number of hydrogen-bond acceptors (Lipinski definition) is 3. The molecule has 19 heavy (non-hydrogen) atoms. The van der Waals surface area contributed by atoms with E-state index in [1.54, 1.807) is 14.2 Å². The second kappa shape index (κ2) is 7.27. The van der Waals surface area contributed by atoms with Gasteiger partial charge in [0.15, 0.2) is 0 Å². The number of likely N-dealkylation sites (tertiary alicyclic amines) is 1. The van der Waals surface area contributed by atoms with Gasteiger partial charge >= 0.3 is 0 Å². The molecule has 0 radical (unpaired) electrons. The van der Waals surface area contributed by atoms with Gasteiger partial charge in [-0.15, -0.1) is 0 Å². The van der Waals surface area contributed by atoms with Crippen LogP contribution in [0, 0.1) is 5.92 Å². The highest BCUT2D eigenvalue weighted by Crippen LogP contribution is 2.26. The van der Waals surface area contributed by atoms with Crippen LogP contribution >= 0.6 is 15.9 Å². The molecule has 1 aromatic carbocycles. The molecule has 2 rings (SSSR count). The second-order valence-corrected chi connectivity index (χ2v) is 6.01. The maximum Gasteiger partial charge on any atom is 0.119 e. The summed E-state index contributed by atoms with van der Waals surface area (Å²) < 4.78 is 11.7. The predicted molar refractivity (Wildman–Crippen MR) is 80.6 cm³/mol. The summed E-state index contributed by atoms with van der Waals surface area (Å²) in [7, 11) is 3.50. The molecule has 0 spiro atoms. The van der Waals surface area contributed by atoms with E-state index in [1.807, 2.05) is 6.07 Å². The molecule has 0 N–H and O–H groups in total. The van der Waals surface area contributed by atoms with Gasteiger partial charge in [-0.1, -0.05) is 15.9 Å². The minimum absolute atomic E-state index is 0.670. The Bertz CT molecular complexity index is 409. The van der Waals surface area contributed by atoms with Crippen LogP contribution in [0.4, 0.5) is 0 Å². The van der Waals surface area contributed by atoms with Gasteiger partial charge in [0, 0.05) is 24.7 Å². The van der Waals surface area contributed by atoms with Gasteiger partial charge in [0.25, 0.3) is 0 Å². The van der Waals surface area contributed by atoms with Gasteiger partial charge in [-0.25, -0.2) is 0 Å². The Morgan fingerprint density at radius 1 is 1.37 bits per heavy atom. The van der Waals surface area contributed by atoms with E-state index in [1.165, 1.54) is 24.9 Å². The van der Waals surface area contributed by atoms with Crippen molar-refractivity contribution in [2.75, 3.05) is 33.9 Å². The summed E-state index contributed by atoms with van der Waals surface area (Å²) in [5, 5.41) is 0. The van der Waals surface area contributed by atoms with Gasteiger partial charge in [0.1, 0.15) is 5.75 Å². The molecule has 3 nitrogen and oxygen atoms in total. The van der Waals surface area contributed by atoms with E-state index >= 15 is 0 Å². The Morgan fingerprint density at radius 2 is 2.21 bits per heavy atom. The van der Waals surface area contributed by atoms with Crippen molar-refractivity contribution < 1.29 is 9.47 Å². The lowest BCUT2D eigenvalue weighted by molar-refractivity contribution is 0.0872. The Morgan fingerprint density at radius 3 is 2.95 bits per heavy atom. The molecule has 1 aromatic rings. The zero-order valence-corrected chi connectivity index (χ0v) is 13.3. The minimum Gasteiger partial charge on any atom is -0.497 e. The number of nitrogens with zero attached hydrogens (tertiary/aromatic N) is 1. The number of piperidine rings is 1. The van der Waals surface area contributed by atoms with Crippen molar-refractivity contribution in [3.63, 3.8) is 0 Å². The Balaban J connectivity index is 2.00. The zero-order chi connectivity index (χ0) is 13.7. The van der Waals surface area contributed by atoms with E-state index in [2.05, 4.69) is 33.0 Å². The van der Waals surface area contributed by atoms with E-state index in [-0.39, 0.29) is 0 Å². The quantitative estimate of drug-likeness (QED) is 0.828. The molecule has 0 saturated carbocycles. The van der Waals surface area contributed by atoms with Crippen LogP contribution in [0.15, 0.2) is 22.7 Å². The fourth-order valence-electron chi connectivity index (χ4n) is 2.71. The molecule has 1 aliphatic heterocycles. The molecule has 0 aromatic heterocycles. The van der Waals surface area contributed by atoms with Gasteiger partial charge < -0.3 is 9.47 Å². The molecule has 1 aliphatic rings. The van der Waals surface area contributed by atoms with Gasteiger partial charge in [0.2, 0.25) is 0 Å². The van der Waals surface area contributed by atoms with E-state index in [4.69, 9.17) is 9.47 Å². The van der Waals surface area contributed by atoms with Crippen LogP contribution in [0.5, 0.6) is 5.75 Å². The lowest BCUT2D eigenvalue weighted by atomic mass is 9.98. The monoisotopic (exact) mass is 327 g/mol. The van der Waals surface area contributed by atoms with Gasteiger partial charge in [-0.05, 0) is 49.1 Å². The summed E-state index contributed by atoms with van der Waals surface area (Å²) in [5.74, 6) is 1.59. The van der Waals surface area contributed by atoms with Crippen molar-refractivity contribution >= 4 is 15.9 Å². The smallest absolute Gasteiger partial charge is 0.119 e. The second-order valence-electron chi connectivity index (χ2n) is 5.16. The van der Waals surface area contributed by atoms with Gasteiger partial charge in [0.05, 0.1) is 13.7 Å². The summed E-state index contributed by atoms with van der Waals surface area (Å²) >= 11 is 3.63. The number of rotatable bonds is 5. The summed E-state index contributed by atoms with van der Waals surface area (Å²) in [6.07, 6.45) is 2.54. The average molecular weight is 328 g/mol. The van der Waals surface area contributed by atoms with Crippen LogP contribution in [0.1, 0.15) is 18.4 Å². The Labute approximate surface area is 124 Å². The summed E-state index contributed by atoms with van der Waals surface area (Å²) in [6.45, 7) is 4.13. The van der Waals surface area contributed by atoms with Crippen LogP contribution in [-0.2, 0) is 11.3 Å². The van der Waals surface area contributed by atoms with Crippen molar-refractivity contribution in [1.29, 1.82) is 0 Å². The maximum atomic E-state index is 5.30. The van der Waals surface area contributed by atoms with E-state index in [0.29, 0.717) is 5.92 Å². The third-order valence-corrected chi connectivity index (χ3v) is 4.43. The highest BCUT2D eigenvalue weighted by atomic mass is 79.9. The first kappa shape index (κ1) is 14.8. The molecule has 1 unspecified atom stereocenters. The van der Waals surface area contributed by atoms with Gasteiger partial charge in [-0.2, -0.15) is 0 Å². The number of methoxy groups -OCH3 is 2. The molecule has 1 saturated heterocycles. The van der Waals surface area contributed by atoms with Crippen molar-refractivity contribution in [3.05, 3.63) is 28.2 Å². The summed E-state index contributed by atoms with van der Waals surface area (Å²) in [4.78, 5) is 2.51. The topological polar surface area (TPSA) is 21.7 Å². The number of benzene rings is 1. The summed E-state index contributed by atoms with van der Waals surface area (Å²) in [5.41, 5.74) is 1.29. The number of hydrogen-bond donors (Lipinski definition) is 0. The van der Waals surface area contributed by atoms with E-state index < -0.39 is 0 Å². The predicted octanol–water partition coefficient (Wildman–Crippen LogP) is 3.32. The fraction of sp³-hybridized carbons (Fsp3) is 0.600. The molecule has 1 heterocycles. The normalized spacial score (nSPS) is 20.5. The molecule has 106 valence electrons. The average Bonchev–Trinajstić information content (AvgIpc) is 2.42.